The third kappa shape index (κ3) is 3.14. The molecule has 0 aliphatic heterocycles. The van der Waals surface area contributed by atoms with E-state index in [-0.39, 0.29) is 5.78 Å². The molecule has 4 nitrogen and oxygen atoms in total. The molecule has 0 radical (unpaired) electrons. The van der Waals surface area contributed by atoms with Gasteiger partial charge in [-0.15, -0.1) is 0 Å². The van der Waals surface area contributed by atoms with Crippen LogP contribution in [0, 0.1) is 5.92 Å². The SMILES string of the molecule is CCC(C(=O)OC)C(=O)C(C)OC. The van der Waals surface area contributed by atoms with Crippen molar-refractivity contribution < 1.29 is 19.1 Å². The second-order valence-corrected chi connectivity index (χ2v) is 2.76. The van der Waals surface area contributed by atoms with Gasteiger partial charge in [0.1, 0.15) is 12.0 Å². The molecule has 2 atom stereocenters. The molecular formula is C9H16O4. The van der Waals surface area contributed by atoms with Crippen LogP contribution in [0.15, 0.2) is 0 Å². The monoisotopic (exact) mass is 188 g/mol. The van der Waals surface area contributed by atoms with E-state index < -0.39 is 18.0 Å². The van der Waals surface area contributed by atoms with E-state index in [2.05, 4.69) is 4.74 Å². The van der Waals surface area contributed by atoms with Gasteiger partial charge < -0.3 is 9.47 Å². The Morgan fingerprint density at radius 1 is 1.31 bits per heavy atom. The van der Waals surface area contributed by atoms with Crippen LogP contribution in [0.5, 0.6) is 0 Å². The Hall–Kier alpha value is -0.900. The fourth-order valence-electron chi connectivity index (χ4n) is 1.03. The van der Waals surface area contributed by atoms with Crippen LogP contribution in [0.25, 0.3) is 0 Å². The number of carbonyl (C=O) groups excluding carboxylic acids is 2. The first-order chi connectivity index (χ1) is 6.08. The molecule has 0 aromatic heterocycles. The number of rotatable bonds is 5. The summed E-state index contributed by atoms with van der Waals surface area (Å²) >= 11 is 0. The molecule has 4 heteroatoms. The predicted molar refractivity (Wildman–Crippen MR) is 47.3 cm³/mol. The zero-order chi connectivity index (χ0) is 10.4. The van der Waals surface area contributed by atoms with Gasteiger partial charge in [0.05, 0.1) is 7.11 Å². The minimum Gasteiger partial charge on any atom is -0.468 e. The third-order valence-corrected chi connectivity index (χ3v) is 1.99. The molecule has 0 fully saturated rings. The summed E-state index contributed by atoms with van der Waals surface area (Å²) in [6.45, 7) is 3.38. The number of Topliss-reactive ketones (excluding diaryl/α,β-unsaturated/α-hetero) is 1. The van der Waals surface area contributed by atoms with Gasteiger partial charge in [0.25, 0.3) is 0 Å². The molecule has 0 saturated heterocycles. The first-order valence-electron chi connectivity index (χ1n) is 4.22. The molecule has 2 unspecified atom stereocenters. The molecule has 0 N–H and O–H groups in total. The fourth-order valence-corrected chi connectivity index (χ4v) is 1.03. The van der Waals surface area contributed by atoms with Gasteiger partial charge in [-0.3, -0.25) is 9.59 Å². The van der Waals surface area contributed by atoms with E-state index in [4.69, 9.17) is 4.74 Å². The van der Waals surface area contributed by atoms with E-state index in [0.29, 0.717) is 6.42 Å². The number of ether oxygens (including phenoxy) is 2. The fraction of sp³-hybridized carbons (Fsp3) is 0.778. The maximum absolute atomic E-state index is 11.5. The molecule has 0 rings (SSSR count). The zero-order valence-electron chi connectivity index (χ0n) is 8.49. The number of ketones is 1. The summed E-state index contributed by atoms with van der Waals surface area (Å²) < 4.78 is 9.34. The Bertz CT molecular complexity index is 188. The Morgan fingerprint density at radius 2 is 1.85 bits per heavy atom. The zero-order valence-corrected chi connectivity index (χ0v) is 8.49. The Labute approximate surface area is 78.2 Å². The summed E-state index contributed by atoms with van der Waals surface area (Å²) in [4.78, 5) is 22.6. The molecule has 0 aromatic carbocycles. The summed E-state index contributed by atoms with van der Waals surface area (Å²) in [6.07, 6.45) is -0.108. The van der Waals surface area contributed by atoms with Crippen LogP contribution in [0.3, 0.4) is 0 Å². The van der Waals surface area contributed by atoms with Crippen LogP contribution >= 0.6 is 0 Å². The van der Waals surface area contributed by atoms with Crippen LogP contribution in [0.4, 0.5) is 0 Å². The van der Waals surface area contributed by atoms with Crippen molar-refractivity contribution in [3.8, 4) is 0 Å². The van der Waals surface area contributed by atoms with E-state index in [0.717, 1.165) is 0 Å². The molecular weight excluding hydrogens is 172 g/mol. The third-order valence-electron chi connectivity index (χ3n) is 1.99. The van der Waals surface area contributed by atoms with E-state index in [1.807, 2.05) is 0 Å². The molecule has 0 aromatic rings. The van der Waals surface area contributed by atoms with Crippen molar-refractivity contribution in [1.82, 2.24) is 0 Å². The van der Waals surface area contributed by atoms with Crippen molar-refractivity contribution in [3.63, 3.8) is 0 Å². The number of methoxy groups -OCH3 is 2. The predicted octanol–water partition coefficient (Wildman–Crippen LogP) is 0.790. The molecule has 0 bridgehead atoms. The summed E-state index contributed by atoms with van der Waals surface area (Å²) in [5.41, 5.74) is 0. The summed E-state index contributed by atoms with van der Waals surface area (Å²) in [5.74, 6) is -1.41. The van der Waals surface area contributed by atoms with Crippen LogP contribution in [0.2, 0.25) is 0 Å². The molecule has 0 saturated carbocycles. The Kier molecular flexibility index (Phi) is 5.30. The number of esters is 1. The first-order valence-corrected chi connectivity index (χ1v) is 4.22. The maximum Gasteiger partial charge on any atom is 0.316 e. The summed E-state index contributed by atoms with van der Waals surface area (Å²) in [5, 5.41) is 0. The van der Waals surface area contributed by atoms with Gasteiger partial charge in [-0.2, -0.15) is 0 Å². The topological polar surface area (TPSA) is 52.6 Å². The number of hydrogen-bond acceptors (Lipinski definition) is 4. The second kappa shape index (κ2) is 5.70. The number of carbonyl (C=O) groups is 2. The molecule has 76 valence electrons. The van der Waals surface area contributed by atoms with E-state index >= 15 is 0 Å². The van der Waals surface area contributed by atoms with Crippen LogP contribution in [-0.4, -0.2) is 32.1 Å². The Balaban J connectivity index is 4.40. The largest absolute Gasteiger partial charge is 0.468 e. The van der Waals surface area contributed by atoms with Gasteiger partial charge in [0.15, 0.2) is 5.78 Å². The van der Waals surface area contributed by atoms with E-state index in [9.17, 15) is 9.59 Å². The van der Waals surface area contributed by atoms with Gasteiger partial charge in [-0.1, -0.05) is 6.92 Å². The quantitative estimate of drug-likeness (QED) is 0.473. The highest BCUT2D eigenvalue weighted by molar-refractivity contribution is 6.00. The molecule has 0 spiro atoms. The van der Waals surface area contributed by atoms with Crippen molar-refractivity contribution in [2.45, 2.75) is 26.4 Å². The lowest BCUT2D eigenvalue weighted by atomic mass is 9.98. The minimum absolute atomic E-state index is 0.225. The normalized spacial score (nSPS) is 14.8. The van der Waals surface area contributed by atoms with Crippen molar-refractivity contribution in [2.75, 3.05) is 14.2 Å². The van der Waals surface area contributed by atoms with Gasteiger partial charge >= 0.3 is 5.97 Å². The minimum atomic E-state index is -0.694. The van der Waals surface area contributed by atoms with Crippen molar-refractivity contribution in [1.29, 1.82) is 0 Å². The van der Waals surface area contributed by atoms with Crippen molar-refractivity contribution >= 4 is 11.8 Å². The summed E-state index contributed by atoms with van der Waals surface area (Å²) in [6, 6.07) is 0. The number of hydrogen-bond donors (Lipinski definition) is 0. The van der Waals surface area contributed by atoms with Crippen molar-refractivity contribution in [2.24, 2.45) is 5.92 Å². The lowest BCUT2D eigenvalue weighted by molar-refractivity contribution is -0.152. The molecule has 13 heavy (non-hydrogen) atoms. The molecule has 0 amide bonds. The Morgan fingerprint density at radius 3 is 2.15 bits per heavy atom. The van der Waals surface area contributed by atoms with Crippen molar-refractivity contribution in [3.05, 3.63) is 0 Å². The highest BCUT2D eigenvalue weighted by Gasteiger charge is 2.29. The molecule has 0 aliphatic carbocycles. The summed E-state index contributed by atoms with van der Waals surface area (Å²) in [7, 11) is 2.71. The highest BCUT2D eigenvalue weighted by atomic mass is 16.5. The standard InChI is InChI=1S/C9H16O4/c1-5-7(9(11)13-4)8(10)6(2)12-3/h6-7H,5H2,1-4H3. The maximum atomic E-state index is 11.5. The lowest BCUT2D eigenvalue weighted by Crippen LogP contribution is -2.33. The molecule has 0 aliphatic rings. The van der Waals surface area contributed by atoms with Gasteiger partial charge in [-0.05, 0) is 13.3 Å². The van der Waals surface area contributed by atoms with Gasteiger partial charge in [0.2, 0.25) is 0 Å². The average Bonchev–Trinajstić information content (AvgIpc) is 2.17. The van der Waals surface area contributed by atoms with Crippen LogP contribution in [0.1, 0.15) is 20.3 Å². The van der Waals surface area contributed by atoms with Crippen LogP contribution in [-0.2, 0) is 19.1 Å². The second-order valence-electron chi connectivity index (χ2n) is 2.76. The lowest BCUT2D eigenvalue weighted by Gasteiger charge is -2.15. The van der Waals surface area contributed by atoms with Gasteiger partial charge in [-0.25, -0.2) is 0 Å². The smallest absolute Gasteiger partial charge is 0.316 e. The highest BCUT2D eigenvalue weighted by Crippen LogP contribution is 2.10. The average molecular weight is 188 g/mol. The van der Waals surface area contributed by atoms with Crippen LogP contribution < -0.4 is 0 Å². The van der Waals surface area contributed by atoms with Gasteiger partial charge in [0, 0.05) is 7.11 Å². The molecule has 0 heterocycles. The van der Waals surface area contributed by atoms with E-state index in [1.54, 1.807) is 13.8 Å². The van der Waals surface area contributed by atoms with E-state index in [1.165, 1.54) is 14.2 Å². The first kappa shape index (κ1) is 12.1.